The minimum atomic E-state index is -0.783. The van der Waals surface area contributed by atoms with Crippen molar-refractivity contribution >= 4 is 76.6 Å². The Balaban J connectivity index is 0.00000441. The number of nitrogens with two attached hydrogens (primary N) is 1. The van der Waals surface area contributed by atoms with Gasteiger partial charge in [0, 0.05) is 63.6 Å². The molecule has 1 saturated heterocycles. The molecule has 3 rings (SSSR count). The summed E-state index contributed by atoms with van der Waals surface area (Å²) in [5, 5.41) is 2.83. The lowest BCUT2D eigenvalue weighted by Gasteiger charge is -2.27. The molecule has 1 aromatic heterocycles. The van der Waals surface area contributed by atoms with Crippen molar-refractivity contribution < 1.29 is 19.1 Å². The van der Waals surface area contributed by atoms with E-state index in [1.165, 1.54) is 0 Å². The third-order valence-corrected chi connectivity index (χ3v) is 7.45. The Morgan fingerprint density at radius 2 is 1.83 bits per heavy atom. The van der Waals surface area contributed by atoms with E-state index in [4.69, 9.17) is 43.4 Å². The van der Waals surface area contributed by atoms with Crippen molar-refractivity contribution in [2.45, 2.75) is 45.2 Å². The van der Waals surface area contributed by atoms with E-state index in [9.17, 15) is 9.59 Å². The number of nitrogens with zero attached hydrogens (tertiary/aromatic N) is 4. The number of alkyl halides is 2. The van der Waals surface area contributed by atoms with Crippen LogP contribution < -0.4 is 16.0 Å². The molecule has 1 aliphatic heterocycles. The Kier molecular flexibility index (Phi) is 18.0. The van der Waals surface area contributed by atoms with Gasteiger partial charge in [-0.15, -0.1) is 48.0 Å². The number of amides is 1. The topological polar surface area (TPSA) is 115 Å². The van der Waals surface area contributed by atoms with Crippen molar-refractivity contribution in [1.29, 1.82) is 0 Å². The Hall–Kier alpha value is -1.53. The number of hydrogen-bond acceptors (Lipinski definition) is 8. The number of aromatic nitrogens is 2. The van der Waals surface area contributed by atoms with Crippen LogP contribution in [0.4, 0.5) is 5.69 Å². The van der Waals surface area contributed by atoms with Crippen LogP contribution in [0, 0.1) is 5.92 Å². The molecule has 14 heteroatoms. The highest BCUT2D eigenvalue weighted by molar-refractivity contribution is 6.18. The predicted molar refractivity (Wildman–Crippen MR) is 175 cm³/mol. The van der Waals surface area contributed by atoms with E-state index in [0.29, 0.717) is 63.9 Å². The van der Waals surface area contributed by atoms with Crippen LogP contribution in [0.15, 0.2) is 18.2 Å². The van der Waals surface area contributed by atoms with Crippen molar-refractivity contribution in [3.05, 3.63) is 24.0 Å². The maximum Gasteiger partial charge on any atom is 0.328 e. The zero-order valence-electron chi connectivity index (χ0n) is 24.7. The first-order chi connectivity index (χ1) is 19.2. The number of morpholine rings is 1. The highest BCUT2D eigenvalue weighted by Crippen LogP contribution is 2.23. The Labute approximate surface area is 271 Å². The number of ether oxygens (including phenoxy) is 2. The zero-order chi connectivity index (χ0) is 29.1. The number of nitrogens with one attached hydrogen (secondary N) is 1. The lowest BCUT2D eigenvalue weighted by Crippen LogP contribution is -2.50. The first-order valence-electron chi connectivity index (χ1n) is 14.1. The fraction of sp³-hybridized carbons (Fsp3) is 0.679. The van der Waals surface area contributed by atoms with Gasteiger partial charge in [-0.1, -0.05) is 13.8 Å². The highest BCUT2D eigenvalue weighted by atomic mass is 35.5. The number of rotatable bonds is 16. The van der Waals surface area contributed by atoms with E-state index >= 15 is 0 Å². The summed E-state index contributed by atoms with van der Waals surface area (Å²) in [6.07, 6.45) is 1.38. The molecule has 0 saturated carbocycles. The average molecular weight is 673 g/mol. The maximum atomic E-state index is 13.0. The summed E-state index contributed by atoms with van der Waals surface area (Å²) in [4.78, 5) is 34.9. The number of aryl methyl sites for hydroxylation is 2. The number of fused-ring (bicyclic) bond motifs is 1. The second-order valence-corrected chi connectivity index (χ2v) is 11.3. The van der Waals surface area contributed by atoms with E-state index in [1.807, 2.05) is 43.7 Å². The van der Waals surface area contributed by atoms with Gasteiger partial charge in [0.25, 0.3) is 0 Å². The van der Waals surface area contributed by atoms with Crippen molar-refractivity contribution in [1.82, 2.24) is 19.8 Å². The molecule has 3 N–H and O–H groups in total. The van der Waals surface area contributed by atoms with Crippen LogP contribution in [-0.2, 0) is 32.5 Å². The van der Waals surface area contributed by atoms with Crippen LogP contribution in [0.3, 0.4) is 0 Å². The summed E-state index contributed by atoms with van der Waals surface area (Å²) in [7, 11) is 1.96. The molecule has 42 heavy (non-hydrogen) atoms. The summed E-state index contributed by atoms with van der Waals surface area (Å²) >= 11 is 11.9. The first-order valence-corrected chi connectivity index (χ1v) is 15.1. The lowest BCUT2D eigenvalue weighted by molar-refractivity contribution is -0.149. The molecule has 10 nitrogen and oxygen atoms in total. The summed E-state index contributed by atoms with van der Waals surface area (Å²) in [5.41, 5.74) is 9.13. The van der Waals surface area contributed by atoms with Crippen molar-refractivity contribution in [3.63, 3.8) is 0 Å². The number of benzene rings is 1. The van der Waals surface area contributed by atoms with Gasteiger partial charge in [0.2, 0.25) is 5.91 Å². The van der Waals surface area contributed by atoms with Gasteiger partial charge >= 0.3 is 5.97 Å². The maximum absolute atomic E-state index is 13.0. The third kappa shape index (κ3) is 11.5. The highest BCUT2D eigenvalue weighted by Gasteiger charge is 2.26. The average Bonchev–Trinajstić information content (AvgIpc) is 3.25. The molecule has 0 radical (unpaired) electrons. The fourth-order valence-corrected chi connectivity index (χ4v) is 5.22. The Morgan fingerprint density at radius 1 is 1.17 bits per heavy atom. The normalized spacial score (nSPS) is 15.0. The van der Waals surface area contributed by atoms with Crippen LogP contribution >= 0.6 is 48.0 Å². The summed E-state index contributed by atoms with van der Waals surface area (Å²) in [6.45, 7) is 9.35. The molecule has 0 unspecified atom stereocenters. The fourth-order valence-electron chi connectivity index (χ4n) is 4.81. The predicted octanol–water partition coefficient (Wildman–Crippen LogP) is 3.37. The molecule has 2 atom stereocenters. The number of anilines is 1. The zero-order valence-corrected chi connectivity index (χ0v) is 27.9. The quantitative estimate of drug-likeness (QED) is 0.206. The van der Waals surface area contributed by atoms with Gasteiger partial charge in [-0.25, -0.2) is 9.78 Å². The smallest absolute Gasteiger partial charge is 0.328 e. The third-order valence-electron chi connectivity index (χ3n) is 7.11. The monoisotopic (exact) mass is 670 g/mol. The van der Waals surface area contributed by atoms with Gasteiger partial charge in [0.15, 0.2) is 0 Å². The molecular formula is C28H46Cl4N6O4. The van der Waals surface area contributed by atoms with Gasteiger partial charge in [-0.3, -0.25) is 9.69 Å². The Bertz CT molecular complexity index is 1090. The van der Waals surface area contributed by atoms with E-state index in [0.717, 1.165) is 35.6 Å². The standard InChI is InChI=1S/C28H44Cl2N6O4.2ClH/c1-20(2)18-24(28(38)40-17-14-35-12-15-39-16-13-35)33-27(37)22(31)5-7-26-32-23-19-21(4-6-25(23)34(26)3)36(10-8-29)11-9-30;;/h4,6,19-20,22,24H,5,7-18,31H2,1-3H3,(H,33,37);2*1H/t22-,24-;;/m0../s1. The second kappa shape index (κ2) is 19.7. The molecule has 1 fully saturated rings. The van der Waals surface area contributed by atoms with Gasteiger partial charge in [0.1, 0.15) is 18.5 Å². The molecule has 0 spiro atoms. The molecule has 0 bridgehead atoms. The minimum Gasteiger partial charge on any atom is -0.463 e. The minimum absolute atomic E-state index is 0. The van der Waals surface area contributed by atoms with Gasteiger partial charge in [0.05, 0.1) is 30.3 Å². The number of carbonyl (C=O) groups excluding carboxylic acids is 2. The summed E-state index contributed by atoms with van der Waals surface area (Å²) < 4.78 is 12.9. The molecular weight excluding hydrogens is 626 g/mol. The first kappa shape index (κ1) is 38.5. The van der Waals surface area contributed by atoms with E-state index in [2.05, 4.69) is 15.1 Å². The van der Waals surface area contributed by atoms with Crippen molar-refractivity contribution in [3.8, 4) is 0 Å². The van der Waals surface area contributed by atoms with E-state index in [1.54, 1.807) is 0 Å². The molecule has 2 heterocycles. The molecule has 0 aliphatic carbocycles. The largest absolute Gasteiger partial charge is 0.463 e. The van der Waals surface area contributed by atoms with Gasteiger partial charge in [-0.2, -0.15) is 0 Å². The molecule has 240 valence electrons. The van der Waals surface area contributed by atoms with Crippen LogP contribution in [0.1, 0.15) is 32.5 Å². The van der Waals surface area contributed by atoms with Crippen molar-refractivity contribution in [2.75, 3.05) is 69.2 Å². The second-order valence-electron chi connectivity index (χ2n) is 10.6. The lowest BCUT2D eigenvalue weighted by atomic mass is 10.0. The van der Waals surface area contributed by atoms with Crippen LogP contribution in [0.2, 0.25) is 0 Å². The molecule has 1 amide bonds. The number of imidazole rings is 1. The van der Waals surface area contributed by atoms with Crippen LogP contribution in [0.25, 0.3) is 11.0 Å². The summed E-state index contributed by atoms with van der Waals surface area (Å²) in [6, 6.07) is 4.59. The van der Waals surface area contributed by atoms with E-state index < -0.39 is 18.1 Å². The van der Waals surface area contributed by atoms with E-state index in [-0.39, 0.29) is 43.2 Å². The Morgan fingerprint density at radius 3 is 2.45 bits per heavy atom. The number of halogens is 4. The molecule has 1 aromatic carbocycles. The van der Waals surface area contributed by atoms with Crippen LogP contribution in [-0.4, -0.2) is 103 Å². The number of esters is 1. The SMILES string of the molecule is CC(C)C[C@H](NC(=O)[C@@H](N)CCc1nc2cc(N(CCCl)CCCl)ccc2n1C)C(=O)OCCN1CCOCC1.Cl.Cl. The molecule has 1 aliphatic rings. The molecule has 2 aromatic rings. The number of carbonyl (C=O) groups is 2. The van der Waals surface area contributed by atoms with Gasteiger partial charge in [-0.05, 0) is 37.0 Å². The van der Waals surface area contributed by atoms with Gasteiger partial charge < -0.3 is 30.0 Å². The van der Waals surface area contributed by atoms with Crippen LogP contribution in [0.5, 0.6) is 0 Å². The summed E-state index contributed by atoms with van der Waals surface area (Å²) in [5.74, 6) is 1.25. The number of hydrogen-bond donors (Lipinski definition) is 2. The van der Waals surface area contributed by atoms with Crippen molar-refractivity contribution in [2.24, 2.45) is 18.7 Å².